The molecular weight excluding hydrogens is 392 g/mol. The molecule has 6 heteroatoms. The molecule has 0 spiro atoms. The Morgan fingerprint density at radius 2 is 1.68 bits per heavy atom. The molecule has 0 heterocycles. The van der Waals surface area contributed by atoms with E-state index in [-0.39, 0.29) is 11.8 Å². The van der Waals surface area contributed by atoms with Crippen LogP contribution >= 0.6 is 0 Å². The maximum atomic E-state index is 12.8. The van der Waals surface area contributed by atoms with E-state index in [0.29, 0.717) is 41.5 Å². The minimum atomic E-state index is -0.364. The van der Waals surface area contributed by atoms with Crippen molar-refractivity contribution < 1.29 is 19.1 Å². The topological polar surface area (TPSA) is 76.7 Å². The van der Waals surface area contributed by atoms with E-state index in [9.17, 15) is 9.59 Å². The third-order valence-electron chi connectivity index (χ3n) is 4.49. The predicted molar refractivity (Wildman–Crippen MR) is 121 cm³/mol. The molecule has 6 nitrogen and oxygen atoms in total. The summed E-state index contributed by atoms with van der Waals surface area (Å²) in [7, 11) is 1.52. The molecule has 3 rings (SSSR count). The van der Waals surface area contributed by atoms with Crippen LogP contribution in [0.5, 0.6) is 11.5 Å². The summed E-state index contributed by atoms with van der Waals surface area (Å²) in [6, 6.07) is 21.5. The molecule has 0 aromatic heterocycles. The van der Waals surface area contributed by atoms with Gasteiger partial charge in [0.1, 0.15) is 6.61 Å². The molecule has 31 heavy (non-hydrogen) atoms. The number of carbonyl (C=O) groups excluding carboxylic acids is 2. The van der Waals surface area contributed by atoms with Crippen LogP contribution in [0.1, 0.15) is 26.3 Å². The normalized spacial score (nSPS) is 10.1. The van der Waals surface area contributed by atoms with E-state index >= 15 is 0 Å². The maximum Gasteiger partial charge on any atom is 0.255 e. The van der Waals surface area contributed by atoms with Gasteiger partial charge in [-0.15, -0.1) is 6.58 Å². The second-order valence-corrected chi connectivity index (χ2v) is 6.64. The highest BCUT2D eigenvalue weighted by atomic mass is 16.5. The summed E-state index contributed by atoms with van der Waals surface area (Å²) >= 11 is 0. The van der Waals surface area contributed by atoms with E-state index in [2.05, 4.69) is 17.2 Å². The molecule has 0 aliphatic carbocycles. The molecular formula is C25H24N2O4. The molecule has 0 saturated heterocycles. The molecule has 0 unspecified atom stereocenters. The lowest BCUT2D eigenvalue weighted by molar-refractivity contribution is 0.0959. The minimum absolute atomic E-state index is 0.293. The number of carbonyl (C=O) groups is 2. The van der Waals surface area contributed by atoms with Gasteiger partial charge >= 0.3 is 0 Å². The predicted octanol–water partition coefficient (Wildman–Crippen LogP) is 4.44. The van der Waals surface area contributed by atoms with Crippen molar-refractivity contribution in [3.05, 3.63) is 102 Å². The molecule has 2 amide bonds. The number of hydrogen-bond donors (Lipinski definition) is 2. The highest BCUT2D eigenvalue weighted by Gasteiger charge is 2.15. The first kappa shape index (κ1) is 21.6. The van der Waals surface area contributed by atoms with E-state index in [1.165, 1.54) is 7.11 Å². The van der Waals surface area contributed by atoms with Crippen molar-refractivity contribution in [2.24, 2.45) is 0 Å². The van der Waals surface area contributed by atoms with Crippen LogP contribution in [0.25, 0.3) is 0 Å². The van der Waals surface area contributed by atoms with Gasteiger partial charge in [0.05, 0.1) is 18.4 Å². The number of ether oxygens (including phenoxy) is 2. The van der Waals surface area contributed by atoms with Crippen LogP contribution in [-0.2, 0) is 6.61 Å². The SMILES string of the molecule is C=CCNC(=O)c1ccccc1NC(=O)c1ccc(OCc2ccccc2)c(OC)c1. The highest BCUT2D eigenvalue weighted by Crippen LogP contribution is 2.29. The van der Waals surface area contributed by atoms with E-state index in [4.69, 9.17) is 9.47 Å². The zero-order valence-electron chi connectivity index (χ0n) is 17.3. The average Bonchev–Trinajstić information content (AvgIpc) is 2.82. The fourth-order valence-corrected chi connectivity index (χ4v) is 2.91. The Morgan fingerprint density at radius 3 is 2.42 bits per heavy atom. The number of amides is 2. The number of hydrogen-bond acceptors (Lipinski definition) is 4. The summed E-state index contributed by atoms with van der Waals surface area (Å²) in [6.45, 7) is 4.30. The van der Waals surface area contributed by atoms with Gasteiger partial charge in [-0.3, -0.25) is 9.59 Å². The van der Waals surface area contributed by atoms with Gasteiger partial charge in [-0.05, 0) is 35.9 Å². The molecule has 0 aliphatic heterocycles. The molecule has 0 saturated carbocycles. The van der Waals surface area contributed by atoms with Gasteiger partial charge in [-0.2, -0.15) is 0 Å². The van der Waals surface area contributed by atoms with Gasteiger partial charge in [0.25, 0.3) is 11.8 Å². The zero-order valence-corrected chi connectivity index (χ0v) is 17.3. The summed E-state index contributed by atoms with van der Waals surface area (Å²) < 4.78 is 11.2. The number of methoxy groups -OCH3 is 1. The van der Waals surface area contributed by atoms with Gasteiger partial charge in [0, 0.05) is 12.1 Å². The first-order valence-corrected chi connectivity index (χ1v) is 9.76. The molecule has 0 radical (unpaired) electrons. The standard InChI is InChI=1S/C25H24N2O4/c1-3-15-26-25(29)20-11-7-8-12-21(20)27-24(28)19-13-14-22(23(16-19)30-2)31-17-18-9-5-4-6-10-18/h3-14,16H,1,15,17H2,2H3,(H,26,29)(H,27,28). The van der Waals surface area contributed by atoms with Gasteiger partial charge in [-0.25, -0.2) is 0 Å². The van der Waals surface area contributed by atoms with Crippen molar-refractivity contribution >= 4 is 17.5 Å². The Bertz CT molecular complexity index is 1060. The average molecular weight is 416 g/mol. The Balaban J connectivity index is 1.74. The molecule has 158 valence electrons. The molecule has 3 aromatic rings. The lowest BCUT2D eigenvalue weighted by Gasteiger charge is -2.14. The second kappa shape index (κ2) is 10.6. The van der Waals surface area contributed by atoms with Crippen molar-refractivity contribution in [2.45, 2.75) is 6.61 Å². The number of para-hydroxylation sites is 1. The van der Waals surface area contributed by atoms with E-state index in [0.717, 1.165) is 5.56 Å². The van der Waals surface area contributed by atoms with Crippen LogP contribution < -0.4 is 20.1 Å². The van der Waals surface area contributed by atoms with Crippen LogP contribution in [-0.4, -0.2) is 25.5 Å². The quantitative estimate of drug-likeness (QED) is 0.506. The number of benzene rings is 3. The molecule has 3 aromatic carbocycles. The van der Waals surface area contributed by atoms with Crippen molar-refractivity contribution in [1.82, 2.24) is 5.32 Å². The van der Waals surface area contributed by atoms with Gasteiger partial charge in [0.15, 0.2) is 11.5 Å². The van der Waals surface area contributed by atoms with Crippen LogP contribution in [0.3, 0.4) is 0 Å². The minimum Gasteiger partial charge on any atom is -0.493 e. The number of anilines is 1. The summed E-state index contributed by atoms with van der Waals surface area (Å²) in [5.74, 6) is 0.322. The number of nitrogens with one attached hydrogen (secondary N) is 2. The maximum absolute atomic E-state index is 12.8. The molecule has 0 aliphatic rings. The number of rotatable bonds is 9. The van der Waals surface area contributed by atoms with Crippen molar-refractivity contribution in [3.63, 3.8) is 0 Å². The van der Waals surface area contributed by atoms with Crippen LogP contribution in [0, 0.1) is 0 Å². The Labute approximate surface area is 181 Å². The molecule has 2 N–H and O–H groups in total. The zero-order chi connectivity index (χ0) is 22.1. The molecule has 0 bridgehead atoms. The van der Waals surface area contributed by atoms with Crippen molar-refractivity contribution in [1.29, 1.82) is 0 Å². The first-order chi connectivity index (χ1) is 15.1. The summed E-state index contributed by atoms with van der Waals surface area (Å²) in [5.41, 5.74) is 2.19. The smallest absolute Gasteiger partial charge is 0.255 e. The largest absolute Gasteiger partial charge is 0.493 e. The van der Waals surface area contributed by atoms with E-state index in [1.807, 2.05) is 30.3 Å². The lowest BCUT2D eigenvalue weighted by Crippen LogP contribution is -2.25. The van der Waals surface area contributed by atoms with Gasteiger partial charge in [0.2, 0.25) is 0 Å². The second-order valence-electron chi connectivity index (χ2n) is 6.64. The first-order valence-electron chi connectivity index (χ1n) is 9.76. The summed E-state index contributed by atoms with van der Waals surface area (Å²) in [4.78, 5) is 25.1. The Kier molecular flexibility index (Phi) is 7.43. The lowest BCUT2D eigenvalue weighted by atomic mass is 10.1. The van der Waals surface area contributed by atoms with Gasteiger partial charge < -0.3 is 20.1 Å². The van der Waals surface area contributed by atoms with Crippen molar-refractivity contribution in [2.75, 3.05) is 19.0 Å². The third kappa shape index (κ3) is 5.73. The van der Waals surface area contributed by atoms with Crippen LogP contribution in [0.4, 0.5) is 5.69 Å². The van der Waals surface area contributed by atoms with Crippen molar-refractivity contribution in [3.8, 4) is 11.5 Å². The fourth-order valence-electron chi connectivity index (χ4n) is 2.91. The van der Waals surface area contributed by atoms with Crippen LogP contribution in [0.15, 0.2) is 85.5 Å². The Morgan fingerprint density at radius 1 is 0.935 bits per heavy atom. The van der Waals surface area contributed by atoms with Crippen LogP contribution in [0.2, 0.25) is 0 Å². The molecule has 0 atom stereocenters. The van der Waals surface area contributed by atoms with E-state index < -0.39 is 0 Å². The Hall–Kier alpha value is -4.06. The van der Waals surface area contributed by atoms with Gasteiger partial charge in [-0.1, -0.05) is 48.5 Å². The highest BCUT2D eigenvalue weighted by molar-refractivity contribution is 6.09. The summed E-state index contributed by atoms with van der Waals surface area (Å²) in [6.07, 6.45) is 1.59. The monoisotopic (exact) mass is 416 g/mol. The fraction of sp³-hybridized carbons (Fsp3) is 0.120. The third-order valence-corrected chi connectivity index (χ3v) is 4.49. The molecule has 0 fully saturated rings. The summed E-state index contributed by atoms with van der Waals surface area (Å²) in [5, 5.41) is 5.50. The van der Waals surface area contributed by atoms with E-state index in [1.54, 1.807) is 48.5 Å².